The molecule has 15 heavy (non-hydrogen) atoms. The Labute approximate surface area is 93.3 Å². The molecule has 0 unspecified atom stereocenters. The van der Waals surface area contributed by atoms with Crippen molar-refractivity contribution >= 4 is 11.6 Å². The number of benzene rings is 2. The van der Waals surface area contributed by atoms with Crippen LogP contribution in [-0.2, 0) is 6.42 Å². The van der Waals surface area contributed by atoms with Crippen LogP contribution in [0.3, 0.4) is 0 Å². The first kappa shape index (κ1) is 10.2. The molecule has 0 fully saturated rings. The van der Waals surface area contributed by atoms with E-state index in [1.807, 2.05) is 30.3 Å². The Morgan fingerprint density at radius 2 is 1.87 bits per heavy atom. The molecule has 0 N–H and O–H groups in total. The smallest absolute Gasteiger partial charge is 0.145 e. The minimum atomic E-state index is -0.372. The van der Waals surface area contributed by atoms with Gasteiger partial charge in [0.1, 0.15) is 5.82 Å². The summed E-state index contributed by atoms with van der Waals surface area (Å²) in [5.41, 5.74) is 1.56. The van der Waals surface area contributed by atoms with Crippen molar-refractivity contribution in [1.29, 1.82) is 0 Å². The van der Waals surface area contributed by atoms with Gasteiger partial charge in [-0.05, 0) is 17.7 Å². The molecule has 75 valence electrons. The fraction of sp³-hybridized carbons (Fsp3) is 0.0769. The third-order valence-electron chi connectivity index (χ3n) is 2.19. The molecule has 2 aromatic rings. The lowest BCUT2D eigenvalue weighted by Crippen LogP contribution is -1.93. The average molecular weight is 220 g/mol. The van der Waals surface area contributed by atoms with Gasteiger partial charge in [-0.2, -0.15) is 0 Å². The highest BCUT2D eigenvalue weighted by Crippen LogP contribution is 2.19. The van der Waals surface area contributed by atoms with Gasteiger partial charge in [0.2, 0.25) is 0 Å². The molecule has 0 amide bonds. The average Bonchev–Trinajstić information content (AvgIpc) is 2.26. The molecule has 2 aromatic carbocycles. The van der Waals surface area contributed by atoms with Crippen LogP contribution in [0.25, 0.3) is 0 Å². The number of rotatable bonds is 2. The molecule has 0 aliphatic heterocycles. The maximum Gasteiger partial charge on any atom is 0.145 e. The molecule has 0 aromatic heterocycles. The maximum atomic E-state index is 13.5. The molecule has 0 saturated carbocycles. The van der Waals surface area contributed by atoms with Crippen LogP contribution in [0.5, 0.6) is 0 Å². The van der Waals surface area contributed by atoms with E-state index in [1.165, 1.54) is 6.07 Å². The van der Waals surface area contributed by atoms with Gasteiger partial charge in [0.05, 0.1) is 5.02 Å². The molecule has 0 spiro atoms. The quantitative estimate of drug-likeness (QED) is 0.719. The standard InChI is InChI=1S/C13H9ClF/c14-12-8-4-7-11(13(12)15)9-10-5-2-1-3-6-10/h1-6,8H,9H2. The van der Waals surface area contributed by atoms with Crippen LogP contribution in [0.1, 0.15) is 11.1 Å². The highest BCUT2D eigenvalue weighted by atomic mass is 35.5. The van der Waals surface area contributed by atoms with Gasteiger partial charge >= 0.3 is 0 Å². The van der Waals surface area contributed by atoms with E-state index in [-0.39, 0.29) is 10.8 Å². The topological polar surface area (TPSA) is 0 Å². The fourth-order valence-electron chi connectivity index (χ4n) is 1.42. The second-order valence-electron chi connectivity index (χ2n) is 3.28. The Bertz CT molecular complexity index is 451. The first-order valence-corrected chi connectivity index (χ1v) is 5.03. The zero-order valence-electron chi connectivity index (χ0n) is 8.00. The summed E-state index contributed by atoms with van der Waals surface area (Å²) in [6.45, 7) is 0. The van der Waals surface area contributed by atoms with E-state index >= 15 is 0 Å². The second kappa shape index (κ2) is 4.45. The van der Waals surface area contributed by atoms with Gasteiger partial charge < -0.3 is 0 Å². The molecule has 0 nitrogen and oxygen atoms in total. The summed E-state index contributed by atoms with van der Waals surface area (Å²) in [6, 6.07) is 15.7. The van der Waals surface area contributed by atoms with Crippen LogP contribution in [0.15, 0.2) is 42.5 Å². The summed E-state index contributed by atoms with van der Waals surface area (Å²) in [4.78, 5) is 0. The summed E-state index contributed by atoms with van der Waals surface area (Å²) in [6.07, 6.45) is 0.521. The highest BCUT2D eigenvalue weighted by molar-refractivity contribution is 6.30. The first-order chi connectivity index (χ1) is 7.27. The fourth-order valence-corrected chi connectivity index (χ4v) is 1.60. The minimum absolute atomic E-state index is 0.152. The lowest BCUT2D eigenvalue weighted by atomic mass is 10.0. The summed E-state index contributed by atoms with van der Waals surface area (Å²) >= 11 is 5.69. The summed E-state index contributed by atoms with van der Waals surface area (Å²) < 4.78 is 13.5. The second-order valence-corrected chi connectivity index (χ2v) is 3.69. The third-order valence-corrected chi connectivity index (χ3v) is 2.48. The van der Waals surface area contributed by atoms with Gasteiger partial charge in [-0.3, -0.25) is 0 Å². The third kappa shape index (κ3) is 2.37. The van der Waals surface area contributed by atoms with Gasteiger partial charge in [0.15, 0.2) is 0 Å². The molecule has 2 rings (SSSR count). The van der Waals surface area contributed by atoms with E-state index in [2.05, 4.69) is 6.07 Å². The van der Waals surface area contributed by atoms with Crippen molar-refractivity contribution < 1.29 is 4.39 Å². The predicted octanol–water partition coefficient (Wildman–Crippen LogP) is 3.87. The van der Waals surface area contributed by atoms with Crippen molar-refractivity contribution in [1.82, 2.24) is 0 Å². The predicted molar refractivity (Wildman–Crippen MR) is 59.5 cm³/mol. The van der Waals surface area contributed by atoms with Gasteiger partial charge in [0.25, 0.3) is 0 Å². The van der Waals surface area contributed by atoms with Crippen LogP contribution in [0, 0.1) is 11.9 Å². The zero-order chi connectivity index (χ0) is 10.7. The number of hydrogen-bond donors (Lipinski definition) is 0. The molecule has 1 radical (unpaired) electrons. The van der Waals surface area contributed by atoms with Gasteiger partial charge in [0, 0.05) is 12.0 Å². The number of halogens is 2. The molecule has 0 atom stereocenters. The Balaban J connectivity index is 2.29. The molecule has 2 heteroatoms. The van der Waals surface area contributed by atoms with Crippen molar-refractivity contribution in [3.63, 3.8) is 0 Å². The summed E-state index contributed by atoms with van der Waals surface area (Å²) in [5, 5.41) is 0.152. The highest BCUT2D eigenvalue weighted by Gasteiger charge is 2.06. The SMILES string of the molecule is Fc1c(Cc2ccccc2)[c]ccc1Cl. The van der Waals surface area contributed by atoms with E-state index in [9.17, 15) is 4.39 Å². The van der Waals surface area contributed by atoms with Crippen molar-refractivity contribution in [3.05, 3.63) is 70.5 Å². The van der Waals surface area contributed by atoms with E-state index in [1.54, 1.807) is 6.07 Å². The van der Waals surface area contributed by atoms with E-state index in [0.29, 0.717) is 12.0 Å². The van der Waals surface area contributed by atoms with E-state index in [4.69, 9.17) is 11.6 Å². The van der Waals surface area contributed by atoms with Crippen LogP contribution >= 0.6 is 11.6 Å². The minimum Gasteiger partial charge on any atom is -0.205 e. The van der Waals surface area contributed by atoms with Crippen molar-refractivity contribution in [2.45, 2.75) is 6.42 Å². The largest absolute Gasteiger partial charge is 0.205 e. The summed E-state index contributed by atoms with van der Waals surface area (Å²) in [7, 11) is 0. The molecular weight excluding hydrogens is 211 g/mol. The molecular formula is C13H9ClF. The first-order valence-electron chi connectivity index (χ1n) is 4.66. The van der Waals surface area contributed by atoms with Gasteiger partial charge in [-0.25, -0.2) is 4.39 Å². The van der Waals surface area contributed by atoms with Crippen LogP contribution in [0.2, 0.25) is 5.02 Å². The lowest BCUT2D eigenvalue weighted by Gasteiger charge is -2.03. The number of hydrogen-bond acceptors (Lipinski definition) is 0. The maximum absolute atomic E-state index is 13.5. The monoisotopic (exact) mass is 219 g/mol. The van der Waals surface area contributed by atoms with Crippen LogP contribution < -0.4 is 0 Å². The Morgan fingerprint density at radius 1 is 1.13 bits per heavy atom. The van der Waals surface area contributed by atoms with Crippen LogP contribution in [0.4, 0.5) is 4.39 Å². The van der Waals surface area contributed by atoms with Crippen molar-refractivity contribution in [3.8, 4) is 0 Å². The zero-order valence-corrected chi connectivity index (χ0v) is 8.76. The molecule has 0 saturated heterocycles. The molecule has 0 aliphatic rings. The van der Waals surface area contributed by atoms with E-state index in [0.717, 1.165) is 5.56 Å². The van der Waals surface area contributed by atoms with Gasteiger partial charge in [-0.15, -0.1) is 0 Å². The van der Waals surface area contributed by atoms with Crippen molar-refractivity contribution in [2.75, 3.05) is 0 Å². The Kier molecular flexibility index (Phi) is 3.02. The van der Waals surface area contributed by atoms with Gasteiger partial charge in [-0.1, -0.05) is 48.0 Å². The molecule has 0 heterocycles. The Hall–Kier alpha value is -1.34. The summed E-state index contributed by atoms with van der Waals surface area (Å²) in [5.74, 6) is -0.372. The molecule has 0 bridgehead atoms. The molecule has 0 aliphatic carbocycles. The normalized spacial score (nSPS) is 10.3. The Morgan fingerprint density at radius 3 is 2.60 bits per heavy atom. The lowest BCUT2D eigenvalue weighted by molar-refractivity contribution is 0.614. The van der Waals surface area contributed by atoms with Crippen LogP contribution in [-0.4, -0.2) is 0 Å². The van der Waals surface area contributed by atoms with E-state index < -0.39 is 0 Å². The van der Waals surface area contributed by atoms with Crippen molar-refractivity contribution in [2.24, 2.45) is 0 Å².